The van der Waals surface area contributed by atoms with Crippen LogP contribution in [0.3, 0.4) is 0 Å². The van der Waals surface area contributed by atoms with Crippen molar-refractivity contribution >= 4 is 11.7 Å². The second-order valence-corrected chi connectivity index (χ2v) is 4.27. The second-order valence-electron chi connectivity index (χ2n) is 4.27. The minimum atomic E-state index is -0.348. The lowest BCUT2D eigenvalue weighted by atomic mass is 10.0. The highest BCUT2D eigenvalue weighted by atomic mass is 16.6. The summed E-state index contributed by atoms with van der Waals surface area (Å²) in [6.45, 7) is 7.21. The second kappa shape index (κ2) is 7.01. The number of anilines is 1. The highest BCUT2D eigenvalue weighted by molar-refractivity contribution is 5.92. The van der Waals surface area contributed by atoms with Crippen LogP contribution in [0.1, 0.15) is 34.8 Å². The maximum atomic E-state index is 11.8. The fourth-order valence-electron chi connectivity index (χ4n) is 1.61. The van der Waals surface area contributed by atoms with E-state index in [2.05, 4.69) is 0 Å². The molecule has 0 amide bonds. The molecule has 0 saturated carbocycles. The Kier molecular flexibility index (Phi) is 5.65. The van der Waals surface area contributed by atoms with Crippen molar-refractivity contribution < 1.29 is 14.3 Å². The van der Waals surface area contributed by atoms with E-state index in [1.165, 1.54) is 0 Å². The van der Waals surface area contributed by atoms with Crippen LogP contribution in [0.2, 0.25) is 0 Å². The van der Waals surface area contributed by atoms with Gasteiger partial charge in [0.05, 0.1) is 12.2 Å². The minimum Gasteiger partial charge on any atom is -0.460 e. The van der Waals surface area contributed by atoms with Crippen molar-refractivity contribution in [2.24, 2.45) is 0 Å². The van der Waals surface area contributed by atoms with Gasteiger partial charge >= 0.3 is 5.97 Å². The molecule has 0 fully saturated rings. The molecule has 0 unspecified atom stereocenters. The summed E-state index contributed by atoms with van der Waals surface area (Å²) in [5.74, 6) is -0.348. The fourth-order valence-corrected chi connectivity index (χ4v) is 1.61. The average Bonchev–Trinajstić information content (AvgIpc) is 2.33. The third-order valence-electron chi connectivity index (χ3n) is 2.64. The van der Waals surface area contributed by atoms with E-state index in [-0.39, 0.29) is 12.6 Å². The zero-order chi connectivity index (χ0) is 13.5. The number of hydrogen-bond acceptors (Lipinski definition) is 4. The molecule has 0 heterocycles. The molecule has 1 aromatic carbocycles. The Morgan fingerprint density at radius 1 is 1.17 bits per heavy atom. The summed E-state index contributed by atoms with van der Waals surface area (Å²) in [7, 11) is 0. The van der Waals surface area contributed by atoms with E-state index in [0.29, 0.717) is 24.5 Å². The van der Waals surface area contributed by atoms with Crippen molar-refractivity contribution in [1.29, 1.82) is 0 Å². The van der Waals surface area contributed by atoms with Crippen molar-refractivity contribution in [3.8, 4) is 0 Å². The Balaban J connectivity index is 2.54. The molecule has 4 nitrogen and oxygen atoms in total. The summed E-state index contributed by atoms with van der Waals surface area (Å²) in [6, 6.07) is 3.55. The van der Waals surface area contributed by atoms with Crippen LogP contribution in [-0.2, 0) is 9.47 Å². The first-order chi connectivity index (χ1) is 8.56. The lowest BCUT2D eigenvalue weighted by molar-refractivity contribution is 0.0318. The molecule has 0 saturated heterocycles. The van der Waals surface area contributed by atoms with Crippen LogP contribution in [0.25, 0.3) is 0 Å². The fraction of sp³-hybridized carbons (Fsp3) is 0.500. The van der Waals surface area contributed by atoms with Crippen LogP contribution in [0.5, 0.6) is 0 Å². The van der Waals surface area contributed by atoms with E-state index in [9.17, 15) is 4.79 Å². The van der Waals surface area contributed by atoms with Crippen molar-refractivity contribution in [2.45, 2.75) is 27.2 Å². The van der Waals surface area contributed by atoms with Gasteiger partial charge in [-0.25, -0.2) is 4.79 Å². The number of ether oxygens (including phenoxy) is 2. The van der Waals surface area contributed by atoms with Gasteiger partial charge in [0.2, 0.25) is 0 Å². The van der Waals surface area contributed by atoms with E-state index in [4.69, 9.17) is 15.2 Å². The summed E-state index contributed by atoms with van der Waals surface area (Å²) in [6.07, 6.45) is 0.960. The smallest absolute Gasteiger partial charge is 0.338 e. The SMILES string of the molecule is CCCOCCOC(=O)c1cc(N)c(C)cc1C. The van der Waals surface area contributed by atoms with Crippen molar-refractivity contribution in [1.82, 2.24) is 0 Å². The molecule has 4 heteroatoms. The largest absolute Gasteiger partial charge is 0.460 e. The predicted molar refractivity (Wildman–Crippen MR) is 71.7 cm³/mol. The number of carbonyl (C=O) groups is 1. The summed E-state index contributed by atoms with van der Waals surface area (Å²) in [4.78, 5) is 11.8. The minimum absolute atomic E-state index is 0.270. The molecule has 0 bridgehead atoms. The first-order valence-corrected chi connectivity index (χ1v) is 6.17. The first kappa shape index (κ1) is 14.5. The molecule has 1 rings (SSSR count). The maximum Gasteiger partial charge on any atom is 0.338 e. The number of carbonyl (C=O) groups excluding carboxylic acids is 1. The molecule has 18 heavy (non-hydrogen) atoms. The van der Waals surface area contributed by atoms with Crippen LogP contribution in [0.4, 0.5) is 5.69 Å². The molecule has 0 aliphatic heterocycles. The molecule has 100 valence electrons. The van der Waals surface area contributed by atoms with Gasteiger partial charge in [-0.05, 0) is 37.5 Å². The van der Waals surface area contributed by atoms with Gasteiger partial charge in [0, 0.05) is 12.3 Å². The zero-order valence-electron chi connectivity index (χ0n) is 11.3. The average molecular weight is 251 g/mol. The molecule has 0 spiro atoms. The molecule has 0 aliphatic carbocycles. The number of rotatable bonds is 6. The van der Waals surface area contributed by atoms with E-state index in [1.54, 1.807) is 6.07 Å². The maximum absolute atomic E-state index is 11.8. The van der Waals surface area contributed by atoms with Crippen molar-refractivity contribution in [3.05, 3.63) is 28.8 Å². The van der Waals surface area contributed by atoms with Gasteiger partial charge < -0.3 is 15.2 Å². The Hall–Kier alpha value is -1.55. The summed E-state index contributed by atoms with van der Waals surface area (Å²) in [5, 5.41) is 0. The summed E-state index contributed by atoms with van der Waals surface area (Å²) in [5.41, 5.74) is 8.76. The lowest BCUT2D eigenvalue weighted by Gasteiger charge is -2.10. The van der Waals surface area contributed by atoms with Crippen LogP contribution in [0, 0.1) is 13.8 Å². The molecule has 0 atom stereocenters. The Labute approximate surface area is 108 Å². The molecule has 0 radical (unpaired) electrons. The van der Waals surface area contributed by atoms with Gasteiger partial charge in [-0.1, -0.05) is 13.0 Å². The number of nitrogens with two attached hydrogens (primary N) is 1. The van der Waals surface area contributed by atoms with Gasteiger partial charge in [-0.3, -0.25) is 0 Å². The molecule has 1 aromatic rings. The van der Waals surface area contributed by atoms with Crippen LogP contribution >= 0.6 is 0 Å². The van der Waals surface area contributed by atoms with E-state index in [0.717, 1.165) is 17.5 Å². The predicted octanol–water partition coefficient (Wildman–Crippen LogP) is 2.47. The summed E-state index contributed by atoms with van der Waals surface area (Å²) < 4.78 is 10.4. The topological polar surface area (TPSA) is 61.5 Å². The Bertz CT molecular complexity index is 416. The van der Waals surface area contributed by atoms with Gasteiger partial charge in [-0.2, -0.15) is 0 Å². The van der Waals surface area contributed by atoms with Gasteiger partial charge in [-0.15, -0.1) is 0 Å². The van der Waals surface area contributed by atoms with Crippen molar-refractivity contribution in [2.75, 3.05) is 25.6 Å². The molecule has 0 aromatic heterocycles. The lowest BCUT2D eigenvalue weighted by Crippen LogP contribution is -2.13. The zero-order valence-corrected chi connectivity index (χ0v) is 11.3. The highest BCUT2D eigenvalue weighted by Crippen LogP contribution is 2.18. The third kappa shape index (κ3) is 4.04. The van der Waals surface area contributed by atoms with E-state index in [1.807, 2.05) is 26.8 Å². The summed E-state index contributed by atoms with van der Waals surface area (Å²) >= 11 is 0. The van der Waals surface area contributed by atoms with E-state index < -0.39 is 0 Å². The number of esters is 1. The van der Waals surface area contributed by atoms with Gasteiger partial charge in [0.1, 0.15) is 6.61 Å². The van der Waals surface area contributed by atoms with Gasteiger partial charge in [0.15, 0.2) is 0 Å². The van der Waals surface area contributed by atoms with Crippen LogP contribution in [-0.4, -0.2) is 25.8 Å². The highest BCUT2D eigenvalue weighted by Gasteiger charge is 2.12. The number of nitrogen functional groups attached to an aromatic ring is 1. The van der Waals surface area contributed by atoms with E-state index >= 15 is 0 Å². The number of hydrogen-bond donors (Lipinski definition) is 1. The van der Waals surface area contributed by atoms with Gasteiger partial charge in [0.25, 0.3) is 0 Å². The Morgan fingerprint density at radius 2 is 1.89 bits per heavy atom. The third-order valence-corrected chi connectivity index (χ3v) is 2.64. The van der Waals surface area contributed by atoms with Crippen molar-refractivity contribution in [3.63, 3.8) is 0 Å². The van der Waals surface area contributed by atoms with Crippen LogP contribution in [0.15, 0.2) is 12.1 Å². The van der Waals surface area contributed by atoms with Crippen LogP contribution < -0.4 is 5.73 Å². The number of benzene rings is 1. The standard InChI is InChI=1S/C14H21NO3/c1-4-5-17-6-7-18-14(16)12-9-13(15)11(3)8-10(12)2/h8-9H,4-7,15H2,1-3H3. The molecular weight excluding hydrogens is 230 g/mol. The molecule has 2 N–H and O–H groups in total. The normalized spacial score (nSPS) is 10.4. The monoisotopic (exact) mass is 251 g/mol. The molecular formula is C14H21NO3. The first-order valence-electron chi connectivity index (χ1n) is 6.17. The quantitative estimate of drug-likeness (QED) is 0.479. The molecule has 0 aliphatic rings. The Morgan fingerprint density at radius 3 is 2.56 bits per heavy atom. The number of aryl methyl sites for hydroxylation is 2.